The smallest absolute Gasteiger partial charge is 0.142 e. The Morgan fingerprint density at radius 3 is 2.60 bits per heavy atom. The molecular formula is C17H16N2O. The maximum absolute atomic E-state index is 9.55. The Hall–Kier alpha value is -2.47. The van der Waals surface area contributed by atoms with Gasteiger partial charge in [-0.3, -0.25) is 0 Å². The average molecular weight is 264 g/mol. The Morgan fingerprint density at radius 1 is 1.15 bits per heavy atom. The first-order valence-corrected chi connectivity index (χ1v) is 6.71. The number of hydrogen-bond donors (Lipinski definition) is 0. The molecule has 0 saturated heterocycles. The molecular weight excluding hydrogens is 248 g/mol. The molecule has 100 valence electrons. The third-order valence-corrected chi connectivity index (χ3v) is 3.81. The van der Waals surface area contributed by atoms with Crippen molar-refractivity contribution in [2.75, 3.05) is 18.6 Å². The molecule has 2 aromatic rings. The predicted molar refractivity (Wildman–Crippen MR) is 78.8 cm³/mol. The van der Waals surface area contributed by atoms with E-state index in [1.54, 1.807) is 7.11 Å². The van der Waals surface area contributed by atoms with Crippen molar-refractivity contribution in [1.29, 1.82) is 5.26 Å². The monoisotopic (exact) mass is 264 g/mol. The normalized spacial score (nSPS) is 17.2. The van der Waals surface area contributed by atoms with E-state index in [2.05, 4.69) is 23.1 Å². The summed E-state index contributed by atoms with van der Waals surface area (Å²) in [5.74, 6) is 0.833. The minimum atomic E-state index is -0.214. The van der Waals surface area contributed by atoms with Crippen molar-refractivity contribution in [3.63, 3.8) is 0 Å². The third kappa shape index (κ3) is 2.10. The average Bonchev–Trinajstić information content (AvgIpc) is 2.54. The van der Waals surface area contributed by atoms with E-state index < -0.39 is 0 Å². The second-order valence-electron chi connectivity index (χ2n) is 4.87. The van der Waals surface area contributed by atoms with E-state index in [1.165, 1.54) is 5.56 Å². The number of fused-ring (bicyclic) bond motifs is 1. The summed E-state index contributed by atoms with van der Waals surface area (Å²) in [7, 11) is 1.66. The van der Waals surface area contributed by atoms with Gasteiger partial charge in [0.05, 0.1) is 13.2 Å². The molecule has 0 N–H and O–H groups in total. The minimum absolute atomic E-state index is 0.214. The molecule has 20 heavy (non-hydrogen) atoms. The molecule has 0 spiro atoms. The fourth-order valence-electron chi connectivity index (χ4n) is 2.76. The zero-order chi connectivity index (χ0) is 13.9. The topological polar surface area (TPSA) is 36.3 Å². The number of hydrogen-bond acceptors (Lipinski definition) is 3. The lowest BCUT2D eigenvalue weighted by atomic mass is 9.93. The molecule has 0 fully saturated rings. The van der Waals surface area contributed by atoms with E-state index in [0.29, 0.717) is 0 Å². The van der Waals surface area contributed by atoms with Crippen molar-refractivity contribution in [3.8, 4) is 11.8 Å². The molecule has 0 unspecified atom stereocenters. The Labute approximate surface area is 119 Å². The van der Waals surface area contributed by atoms with Crippen molar-refractivity contribution in [3.05, 3.63) is 59.7 Å². The summed E-state index contributed by atoms with van der Waals surface area (Å²) in [6, 6.07) is 18.3. The molecule has 3 rings (SSSR count). The fourth-order valence-corrected chi connectivity index (χ4v) is 2.76. The van der Waals surface area contributed by atoms with Crippen LogP contribution in [0.25, 0.3) is 0 Å². The van der Waals surface area contributed by atoms with E-state index >= 15 is 0 Å². The highest BCUT2D eigenvalue weighted by Gasteiger charge is 2.26. The van der Waals surface area contributed by atoms with Crippen molar-refractivity contribution in [2.45, 2.75) is 12.5 Å². The summed E-state index contributed by atoms with van der Waals surface area (Å²) in [5.41, 5.74) is 3.47. The highest BCUT2D eigenvalue weighted by molar-refractivity contribution is 5.55. The van der Waals surface area contributed by atoms with Gasteiger partial charge in [0.25, 0.3) is 0 Å². The molecule has 0 radical (unpaired) electrons. The lowest BCUT2D eigenvalue weighted by molar-refractivity contribution is 0.415. The van der Waals surface area contributed by atoms with Crippen molar-refractivity contribution < 1.29 is 4.74 Å². The van der Waals surface area contributed by atoms with Crippen LogP contribution in [-0.2, 0) is 6.42 Å². The highest BCUT2D eigenvalue weighted by Crippen LogP contribution is 2.33. The maximum Gasteiger partial charge on any atom is 0.142 e. The number of benzene rings is 2. The first-order valence-electron chi connectivity index (χ1n) is 6.71. The van der Waals surface area contributed by atoms with E-state index in [1.807, 2.05) is 36.4 Å². The fraction of sp³-hybridized carbons (Fsp3) is 0.235. The van der Waals surface area contributed by atoms with Gasteiger partial charge in [-0.2, -0.15) is 5.26 Å². The van der Waals surface area contributed by atoms with Gasteiger partial charge in [-0.1, -0.05) is 24.3 Å². The number of nitriles is 1. The molecule has 3 heteroatoms. The van der Waals surface area contributed by atoms with Gasteiger partial charge in [-0.25, -0.2) is 0 Å². The Kier molecular flexibility index (Phi) is 3.30. The number of nitrogens with zero attached hydrogens (tertiary/aromatic N) is 2. The number of anilines is 1. The van der Waals surface area contributed by atoms with E-state index in [9.17, 15) is 5.26 Å². The van der Waals surface area contributed by atoms with Crippen LogP contribution in [0.1, 0.15) is 17.2 Å². The van der Waals surface area contributed by atoms with Crippen LogP contribution in [-0.4, -0.2) is 13.7 Å². The van der Waals surface area contributed by atoms with Crippen LogP contribution in [0.5, 0.6) is 5.75 Å². The molecule has 1 atom stereocenters. The summed E-state index contributed by atoms with van der Waals surface area (Å²) in [5, 5.41) is 9.55. The van der Waals surface area contributed by atoms with Crippen LogP contribution in [0.15, 0.2) is 48.5 Å². The maximum atomic E-state index is 9.55. The second-order valence-corrected chi connectivity index (χ2v) is 4.87. The molecule has 1 aliphatic heterocycles. The van der Waals surface area contributed by atoms with Gasteiger partial charge in [0.15, 0.2) is 0 Å². The predicted octanol–water partition coefficient (Wildman–Crippen LogP) is 3.32. The summed E-state index contributed by atoms with van der Waals surface area (Å²) < 4.78 is 5.18. The first kappa shape index (κ1) is 12.6. The summed E-state index contributed by atoms with van der Waals surface area (Å²) >= 11 is 0. The van der Waals surface area contributed by atoms with Crippen LogP contribution < -0.4 is 9.64 Å². The molecule has 1 aliphatic rings. The molecule has 0 aromatic heterocycles. The molecule has 0 bridgehead atoms. The van der Waals surface area contributed by atoms with Crippen LogP contribution in [0, 0.1) is 11.3 Å². The van der Waals surface area contributed by atoms with Gasteiger partial charge in [-0.05, 0) is 41.8 Å². The zero-order valence-corrected chi connectivity index (χ0v) is 11.4. The molecule has 0 amide bonds. The lowest BCUT2D eigenvalue weighted by Crippen LogP contribution is -2.34. The minimum Gasteiger partial charge on any atom is -0.497 e. The van der Waals surface area contributed by atoms with Crippen LogP contribution in [0.2, 0.25) is 0 Å². The second kappa shape index (κ2) is 5.26. The standard InChI is InChI=1S/C17H16N2O/c1-20-15-8-6-14(7-9-15)19-11-10-13-4-2-3-5-16(13)17(19)12-18/h2-9,17H,10-11H2,1H3/t17-/m0/s1. The molecule has 1 heterocycles. The summed E-state index contributed by atoms with van der Waals surface area (Å²) in [4.78, 5) is 2.15. The van der Waals surface area contributed by atoms with Gasteiger partial charge in [-0.15, -0.1) is 0 Å². The number of methoxy groups -OCH3 is 1. The summed E-state index contributed by atoms with van der Waals surface area (Å²) in [6.07, 6.45) is 0.973. The molecule has 3 nitrogen and oxygen atoms in total. The van der Waals surface area contributed by atoms with Gasteiger partial charge in [0.1, 0.15) is 11.8 Å². The number of ether oxygens (including phenoxy) is 1. The van der Waals surface area contributed by atoms with Crippen molar-refractivity contribution >= 4 is 5.69 Å². The highest BCUT2D eigenvalue weighted by atomic mass is 16.5. The van der Waals surface area contributed by atoms with Gasteiger partial charge < -0.3 is 9.64 Å². The number of rotatable bonds is 2. The van der Waals surface area contributed by atoms with Crippen LogP contribution >= 0.6 is 0 Å². The van der Waals surface area contributed by atoms with Crippen molar-refractivity contribution in [2.24, 2.45) is 0 Å². The van der Waals surface area contributed by atoms with Crippen LogP contribution in [0.3, 0.4) is 0 Å². The van der Waals surface area contributed by atoms with Gasteiger partial charge in [0.2, 0.25) is 0 Å². The van der Waals surface area contributed by atoms with E-state index in [4.69, 9.17) is 4.74 Å². The quantitative estimate of drug-likeness (QED) is 0.834. The lowest BCUT2D eigenvalue weighted by Gasteiger charge is -2.35. The Bertz CT molecular complexity index is 643. The van der Waals surface area contributed by atoms with E-state index in [0.717, 1.165) is 30.0 Å². The largest absolute Gasteiger partial charge is 0.497 e. The molecule has 0 saturated carbocycles. The van der Waals surface area contributed by atoms with Gasteiger partial charge >= 0.3 is 0 Å². The molecule has 2 aromatic carbocycles. The Morgan fingerprint density at radius 2 is 1.90 bits per heavy atom. The first-order chi connectivity index (χ1) is 9.83. The molecule has 0 aliphatic carbocycles. The zero-order valence-electron chi connectivity index (χ0n) is 11.4. The SMILES string of the molecule is COc1ccc(N2CCc3ccccc3[C@@H]2C#N)cc1. The third-order valence-electron chi connectivity index (χ3n) is 3.81. The van der Waals surface area contributed by atoms with Gasteiger partial charge in [0, 0.05) is 12.2 Å². The van der Waals surface area contributed by atoms with E-state index in [-0.39, 0.29) is 6.04 Å². The Balaban J connectivity index is 1.96. The van der Waals surface area contributed by atoms with Crippen molar-refractivity contribution in [1.82, 2.24) is 0 Å². The summed E-state index contributed by atoms with van der Waals surface area (Å²) in [6.45, 7) is 0.863. The van der Waals surface area contributed by atoms with Crippen LogP contribution in [0.4, 0.5) is 5.69 Å².